The van der Waals surface area contributed by atoms with Crippen molar-refractivity contribution in [2.24, 2.45) is 5.10 Å². The lowest BCUT2D eigenvalue weighted by Gasteiger charge is -2.09. The lowest BCUT2D eigenvalue weighted by Crippen LogP contribution is -2.24. The second kappa shape index (κ2) is 9.90. The third-order valence-corrected chi connectivity index (χ3v) is 6.03. The molecule has 0 bridgehead atoms. The van der Waals surface area contributed by atoms with Gasteiger partial charge in [-0.1, -0.05) is 15.9 Å². The average Bonchev–Trinajstić information content (AvgIpc) is 2.95. The van der Waals surface area contributed by atoms with E-state index in [1.807, 2.05) is 32.0 Å². The fraction of sp³-hybridized carbons (Fsp3) is 0.143. The van der Waals surface area contributed by atoms with Crippen molar-refractivity contribution >= 4 is 66.6 Å². The number of benzene rings is 2. The Hall–Kier alpha value is -1.65. The fourth-order valence-corrected chi connectivity index (χ4v) is 4.37. The minimum atomic E-state index is -0.331. The normalized spacial score (nSPS) is 11.1. The van der Waals surface area contributed by atoms with Gasteiger partial charge in [-0.3, -0.25) is 4.79 Å². The quantitative estimate of drug-likeness (QED) is 0.214. The number of carbonyl (C=O) groups excluding carboxylic acids is 1. The van der Waals surface area contributed by atoms with Gasteiger partial charge in [0.1, 0.15) is 5.75 Å². The molecule has 3 aromatic rings. The highest BCUT2D eigenvalue weighted by Gasteiger charge is 2.10. The van der Waals surface area contributed by atoms with E-state index in [0.29, 0.717) is 5.75 Å². The fourth-order valence-electron chi connectivity index (χ4n) is 2.85. The lowest BCUT2D eigenvalue weighted by molar-refractivity contribution is -0.123. The molecule has 3 rings (SSSR count). The summed E-state index contributed by atoms with van der Waals surface area (Å²) < 4.78 is 10.6. The molecule has 0 fully saturated rings. The van der Waals surface area contributed by atoms with Gasteiger partial charge in [0.05, 0.1) is 10.7 Å². The summed E-state index contributed by atoms with van der Waals surface area (Å²) in [6.45, 7) is 3.95. The first-order valence-corrected chi connectivity index (χ1v) is 11.4. The number of aryl methyl sites for hydroxylation is 1. The largest absolute Gasteiger partial charge is 0.483 e. The number of hydrazone groups is 1. The molecule has 0 spiro atoms. The number of halogens is 3. The third-order valence-electron chi connectivity index (χ3n) is 4.20. The molecule has 29 heavy (non-hydrogen) atoms. The predicted octanol–water partition coefficient (Wildman–Crippen LogP) is 5.75. The van der Waals surface area contributed by atoms with Gasteiger partial charge < -0.3 is 9.30 Å². The number of ether oxygens (including phenoxy) is 1. The van der Waals surface area contributed by atoms with E-state index in [0.717, 1.165) is 31.6 Å². The Morgan fingerprint density at radius 3 is 2.59 bits per heavy atom. The van der Waals surface area contributed by atoms with Crippen molar-refractivity contribution in [3.8, 4) is 11.4 Å². The van der Waals surface area contributed by atoms with E-state index in [-0.39, 0.29) is 12.5 Å². The van der Waals surface area contributed by atoms with Crippen molar-refractivity contribution in [1.29, 1.82) is 0 Å². The molecule has 0 aliphatic carbocycles. The molecule has 1 amide bonds. The SMILES string of the molecule is Cc1cc(/C=N/NC(=O)COc2ccc(Br)cc2Br)c(C)n1-c1ccc(I)cc1. The molecule has 0 unspecified atom stereocenters. The number of carbonyl (C=O) groups is 1. The first-order chi connectivity index (χ1) is 13.8. The van der Waals surface area contributed by atoms with Crippen LogP contribution in [0.4, 0.5) is 0 Å². The molecule has 0 saturated carbocycles. The molecular formula is C21H18Br2IN3O2. The minimum absolute atomic E-state index is 0.126. The number of hydrogen-bond donors (Lipinski definition) is 1. The van der Waals surface area contributed by atoms with Crippen molar-refractivity contribution in [1.82, 2.24) is 9.99 Å². The molecule has 5 nitrogen and oxygen atoms in total. The van der Waals surface area contributed by atoms with Gasteiger partial charge in [0, 0.05) is 30.7 Å². The molecule has 8 heteroatoms. The summed E-state index contributed by atoms with van der Waals surface area (Å²) >= 11 is 9.07. The van der Waals surface area contributed by atoms with Gasteiger partial charge in [-0.15, -0.1) is 0 Å². The van der Waals surface area contributed by atoms with Crippen molar-refractivity contribution in [2.45, 2.75) is 13.8 Å². The lowest BCUT2D eigenvalue weighted by atomic mass is 10.2. The van der Waals surface area contributed by atoms with Crippen molar-refractivity contribution in [2.75, 3.05) is 6.61 Å². The highest BCUT2D eigenvalue weighted by molar-refractivity contribution is 14.1. The molecule has 1 aromatic heterocycles. The van der Waals surface area contributed by atoms with Crippen LogP contribution in [0.25, 0.3) is 5.69 Å². The van der Waals surface area contributed by atoms with Crippen LogP contribution >= 0.6 is 54.5 Å². The zero-order valence-electron chi connectivity index (χ0n) is 15.7. The van der Waals surface area contributed by atoms with E-state index < -0.39 is 0 Å². The summed E-state index contributed by atoms with van der Waals surface area (Å²) in [5.74, 6) is 0.260. The maximum absolute atomic E-state index is 12.0. The Balaban J connectivity index is 1.62. The standard InChI is InChI=1S/C21H18Br2IN3O2/c1-13-9-15(14(2)27(13)18-6-4-17(24)5-7-18)11-25-26-21(28)12-29-20-8-3-16(22)10-19(20)23/h3-11H,12H2,1-2H3,(H,26,28)/b25-11+. The molecule has 1 heterocycles. The predicted molar refractivity (Wildman–Crippen MR) is 131 cm³/mol. The summed E-state index contributed by atoms with van der Waals surface area (Å²) in [5, 5.41) is 4.08. The second-order valence-electron chi connectivity index (χ2n) is 6.29. The van der Waals surface area contributed by atoms with Crippen LogP contribution in [0.1, 0.15) is 17.0 Å². The van der Waals surface area contributed by atoms with Gasteiger partial charge in [0.15, 0.2) is 6.61 Å². The summed E-state index contributed by atoms with van der Waals surface area (Å²) in [6, 6.07) is 15.8. The molecule has 1 N–H and O–H groups in total. The molecule has 0 aliphatic heterocycles. The van der Waals surface area contributed by atoms with Gasteiger partial charge in [-0.25, -0.2) is 5.43 Å². The first kappa shape index (κ1) is 22.0. The highest BCUT2D eigenvalue weighted by atomic mass is 127. The number of aromatic nitrogens is 1. The van der Waals surface area contributed by atoms with Crippen molar-refractivity contribution in [3.05, 3.63) is 78.0 Å². The Labute approximate surface area is 199 Å². The van der Waals surface area contributed by atoms with Crippen molar-refractivity contribution < 1.29 is 9.53 Å². The van der Waals surface area contributed by atoms with E-state index in [9.17, 15) is 4.79 Å². The first-order valence-electron chi connectivity index (χ1n) is 8.70. The molecule has 0 saturated heterocycles. The number of amides is 1. The van der Waals surface area contributed by atoms with Crippen LogP contribution in [-0.2, 0) is 4.79 Å². The highest BCUT2D eigenvalue weighted by Crippen LogP contribution is 2.28. The van der Waals surface area contributed by atoms with Crippen molar-refractivity contribution in [3.63, 3.8) is 0 Å². The molecule has 0 atom stereocenters. The molecule has 150 valence electrons. The Bertz CT molecular complexity index is 1060. The van der Waals surface area contributed by atoms with Crippen LogP contribution in [0.5, 0.6) is 5.75 Å². The Morgan fingerprint density at radius 1 is 1.17 bits per heavy atom. The molecule has 2 aromatic carbocycles. The average molecular weight is 631 g/mol. The van der Waals surface area contributed by atoms with E-state index >= 15 is 0 Å². The topological polar surface area (TPSA) is 55.6 Å². The minimum Gasteiger partial charge on any atom is -0.483 e. The van der Waals surface area contributed by atoms with Gasteiger partial charge in [-0.2, -0.15) is 5.10 Å². The Morgan fingerprint density at radius 2 is 1.90 bits per heavy atom. The maximum Gasteiger partial charge on any atom is 0.277 e. The summed E-state index contributed by atoms with van der Waals surface area (Å²) in [6.07, 6.45) is 1.65. The van der Waals surface area contributed by atoms with Crippen LogP contribution in [0.3, 0.4) is 0 Å². The Kier molecular flexibility index (Phi) is 7.53. The smallest absolute Gasteiger partial charge is 0.277 e. The number of nitrogens with zero attached hydrogens (tertiary/aromatic N) is 2. The second-order valence-corrected chi connectivity index (χ2v) is 9.31. The zero-order chi connectivity index (χ0) is 21.0. The number of hydrogen-bond acceptors (Lipinski definition) is 3. The van der Waals surface area contributed by atoms with E-state index in [1.165, 1.54) is 3.57 Å². The summed E-state index contributed by atoms with van der Waals surface area (Å²) in [7, 11) is 0. The maximum atomic E-state index is 12.0. The molecule has 0 aliphatic rings. The van der Waals surface area contributed by atoms with Gasteiger partial charge in [0.25, 0.3) is 5.91 Å². The van der Waals surface area contributed by atoms with Gasteiger partial charge in [-0.05, 0) is 101 Å². The molecule has 0 radical (unpaired) electrons. The van der Waals surface area contributed by atoms with Crippen LogP contribution in [-0.4, -0.2) is 23.3 Å². The van der Waals surface area contributed by atoms with Crippen LogP contribution in [0.15, 0.2) is 62.6 Å². The van der Waals surface area contributed by atoms with Gasteiger partial charge in [0.2, 0.25) is 0 Å². The summed E-state index contributed by atoms with van der Waals surface area (Å²) in [4.78, 5) is 12.0. The van der Waals surface area contributed by atoms with Crippen LogP contribution in [0, 0.1) is 17.4 Å². The van der Waals surface area contributed by atoms with Crippen LogP contribution in [0.2, 0.25) is 0 Å². The van der Waals surface area contributed by atoms with E-state index in [1.54, 1.807) is 12.3 Å². The third kappa shape index (κ3) is 5.70. The molecular weight excluding hydrogens is 613 g/mol. The zero-order valence-corrected chi connectivity index (χ0v) is 21.1. The van der Waals surface area contributed by atoms with Crippen LogP contribution < -0.4 is 10.2 Å². The monoisotopic (exact) mass is 629 g/mol. The van der Waals surface area contributed by atoms with Gasteiger partial charge >= 0.3 is 0 Å². The summed E-state index contributed by atoms with van der Waals surface area (Å²) in [5.41, 5.74) is 6.69. The van der Waals surface area contributed by atoms with E-state index in [2.05, 4.69) is 93.8 Å². The number of nitrogens with one attached hydrogen (secondary N) is 1. The van der Waals surface area contributed by atoms with E-state index in [4.69, 9.17) is 4.74 Å². The number of rotatable bonds is 6.